The van der Waals surface area contributed by atoms with Gasteiger partial charge in [0.2, 0.25) is 5.91 Å². The van der Waals surface area contributed by atoms with Gasteiger partial charge >= 0.3 is 0 Å². The number of allylic oxidation sites excluding steroid dienone is 2. The molecule has 1 aromatic carbocycles. The van der Waals surface area contributed by atoms with Crippen molar-refractivity contribution in [3.63, 3.8) is 0 Å². The Hall–Kier alpha value is -2.20. The third-order valence-electron chi connectivity index (χ3n) is 5.32. The van der Waals surface area contributed by atoms with Crippen molar-refractivity contribution in [3.8, 4) is 0 Å². The highest BCUT2D eigenvalue weighted by atomic mass is 32.1. The van der Waals surface area contributed by atoms with Crippen molar-refractivity contribution in [3.05, 3.63) is 63.5 Å². The van der Waals surface area contributed by atoms with Crippen molar-refractivity contribution >= 4 is 28.7 Å². The highest BCUT2D eigenvalue weighted by Crippen LogP contribution is 2.48. The SMILES string of the molecule is Cc1ccc(N2C(=O)C[C@@H](c3cccs3)C3=C2CC(C)(C)CC3=O)cc1. The first-order valence-electron chi connectivity index (χ1n) is 9.05. The minimum Gasteiger partial charge on any atom is -0.294 e. The number of nitrogens with zero attached hydrogens (tertiary/aromatic N) is 1. The molecule has 26 heavy (non-hydrogen) atoms. The van der Waals surface area contributed by atoms with E-state index < -0.39 is 0 Å². The number of hydrogen-bond acceptors (Lipinski definition) is 3. The lowest BCUT2D eigenvalue weighted by Gasteiger charge is -2.42. The molecule has 2 aromatic rings. The van der Waals surface area contributed by atoms with Crippen LogP contribution in [-0.2, 0) is 9.59 Å². The molecule has 4 rings (SSSR count). The van der Waals surface area contributed by atoms with Crippen LogP contribution in [0.2, 0.25) is 0 Å². The molecule has 1 aliphatic heterocycles. The Bertz CT molecular complexity index is 891. The topological polar surface area (TPSA) is 37.4 Å². The smallest absolute Gasteiger partial charge is 0.232 e. The predicted molar refractivity (Wildman–Crippen MR) is 105 cm³/mol. The van der Waals surface area contributed by atoms with Gasteiger partial charge in [0.25, 0.3) is 0 Å². The molecule has 0 saturated carbocycles. The molecule has 0 saturated heterocycles. The van der Waals surface area contributed by atoms with Gasteiger partial charge in [-0.3, -0.25) is 14.5 Å². The molecule has 2 aliphatic rings. The quantitative estimate of drug-likeness (QED) is 0.732. The highest BCUT2D eigenvalue weighted by Gasteiger charge is 2.44. The molecule has 0 bridgehead atoms. The number of aryl methyl sites for hydroxylation is 1. The lowest BCUT2D eigenvalue weighted by atomic mass is 9.70. The second-order valence-corrected chi connectivity index (χ2v) is 9.12. The number of rotatable bonds is 2. The van der Waals surface area contributed by atoms with E-state index in [9.17, 15) is 9.59 Å². The maximum absolute atomic E-state index is 13.1. The Labute approximate surface area is 158 Å². The molecule has 1 aromatic heterocycles. The number of thiophene rings is 1. The molecular weight excluding hydrogens is 342 g/mol. The summed E-state index contributed by atoms with van der Waals surface area (Å²) in [5.41, 5.74) is 3.65. The first-order valence-corrected chi connectivity index (χ1v) is 9.93. The number of benzene rings is 1. The minimum absolute atomic E-state index is 0.0801. The number of carbonyl (C=O) groups is 2. The van der Waals surface area contributed by atoms with Gasteiger partial charge in [0.1, 0.15) is 0 Å². The molecule has 1 amide bonds. The molecule has 134 valence electrons. The monoisotopic (exact) mass is 365 g/mol. The fourth-order valence-corrected chi connectivity index (χ4v) is 4.98. The van der Waals surface area contributed by atoms with E-state index in [4.69, 9.17) is 0 Å². The standard InChI is InChI=1S/C22H23NO2S/c1-14-6-8-15(9-7-14)23-17-12-22(2,3)13-18(24)21(17)16(11-20(23)25)19-5-4-10-26-19/h4-10,16H,11-13H2,1-3H3/t16-/m0/s1. The summed E-state index contributed by atoms with van der Waals surface area (Å²) >= 11 is 1.63. The number of anilines is 1. The minimum atomic E-state index is -0.128. The van der Waals surface area contributed by atoms with Crippen LogP contribution in [0.1, 0.15) is 49.5 Å². The zero-order valence-electron chi connectivity index (χ0n) is 15.4. The Morgan fingerprint density at radius 3 is 2.46 bits per heavy atom. The summed E-state index contributed by atoms with van der Waals surface area (Å²) in [7, 11) is 0. The normalized spacial score (nSPS) is 22.6. The van der Waals surface area contributed by atoms with Crippen molar-refractivity contribution in [2.75, 3.05) is 4.90 Å². The van der Waals surface area contributed by atoms with Gasteiger partial charge in [-0.25, -0.2) is 0 Å². The van der Waals surface area contributed by atoms with Crippen molar-refractivity contribution < 1.29 is 9.59 Å². The summed E-state index contributed by atoms with van der Waals surface area (Å²) < 4.78 is 0. The number of carbonyl (C=O) groups excluding carboxylic acids is 2. The molecule has 0 spiro atoms. The number of Topliss-reactive ketones (excluding diaryl/α,β-unsaturated/α-hetero) is 1. The summed E-state index contributed by atoms with van der Waals surface area (Å²) in [6, 6.07) is 12.0. The van der Waals surface area contributed by atoms with Crippen molar-refractivity contribution in [2.45, 2.75) is 46.0 Å². The lowest BCUT2D eigenvalue weighted by molar-refractivity contribution is -0.120. The van der Waals surface area contributed by atoms with Gasteiger partial charge in [0, 0.05) is 40.6 Å². The van der Waals surface area contributed by atoms with Crippen LogP contribution in [-0.4, -0.2) is 11.7 Å². The molecule has 1 atom stereocenters. The first kappa shape index (κ1) is 17.2. The molecule has 0 unspecified atom stereocenters. The van der Waals surface area contributed by atoms with E-state index in [1.165, 1.54) is 0 Å². The Morgan fingerprint density at radius 1 is 1.08 bits per heavy atom. The molecule has 4 heteroatoms. The van der Waals surface area contributed by atoms with Gasteiger partial charge in [-0.05, 0) is 42.3 Å². The van der Waals surface area contributed by atoms with Gasteiger partial charge < -0.3 is 0 Å². The summed E-state index contributed by atoms with van der Waals surface area (Å²) in [5, 5.41) is 2.02. The van der Waals surface area contributed by atoms with E-state index in [1.54, 1.807) is 16.2 Å². The molecule has 3 nitrogen and oxygen atoms in total. The summed E-state index contributed by atoms with van der Waals surface area (Å²) in [6.07, 6.45) is 1.65. The predicted octanol–water partition coefficient (Wildman–Crippen LogP) is 5.22. The van der Waals surface area contributed by atoms with Gasteiger partial charge in [0.15, 0.2) is 5.78 Å². The van der Waals surface area contributed by atoms with E-state index in [1.807, 2.05) is 48.7 Å². The van der Waals surface area contributed by atoms with Crippen molar-refractivity contribution in [2.24, 2.45) is 5.41 Å². The Kier molecular flexibility index (Phi) is 4.11. The van der Waals surface area contributed by atoms with Crippen LogP contribution in [0.5, 0.6) is 0 Å². The second-order valence-electron chi connectivity index (χ2n) is 8.14. The summed E-state index contributed by atoms with van der Waals surface area (Å²) in [5.74, 6) is 0.179. The maximum atomic E-state index is 13.1. The molecular formula is C22H23NO2S. The molecule has 0 N–H and O–H groups in total. The Morgan fingerprint density at radius 2 is 1.81 bits per heavy atom. The maximum Gasteiger partial charge on any atom is 0.232 e. The van der Waals surface area contributed by atoms with Gasteiger partial charge in [-0.2, -0.15) is 0 Å². The lowest BCUT2D eigenvalue weighted by Crippen LogP contribution is -2.43. The molecule has 1 aliphatic carbocycles. The van der Waals surface area contributed by atoms with Crippen LogP contribution in [0, 0.1) is 12.3 Å². The second kappa shape index (κ2) is 6.20. The number of amides is 1. The fourth-order valence-electron chi connectivity index (χ4n) is 4.14. The van der Waals surface area contributed by atoms with E-state index in [0.29, 0.717) is 12.8 Å². The number of hydrogen-bond donors (Lipinski definition) is 0. The van der Waals surface area contributed by atoms with Crippen molar-refractivity contribution in [1.29, 1.82) is 0 Å². The van der Waals surface area contributed by atoms with Crippen molar-refractivity contribution in [1.82, 2.24) is 0 Å². The largest absolute Gasteiger partial charge is 0.294 e. The van der Waals surface area contributed by atoms with Gasteiger partial charge in [-0.1, -0.05) is 37.6 Å². The van der Waals surface area contributed by atoms with Crippen LogP contribution in [0.3, 0.4) is 0 Å². The number of ketones is 1. The van der Waals surface area contributed by atoms with Crippen LogP contribution >= 0.6 is 11.3 Å². The molecule has 0 radical (unpaired) electrons. The first-order chi connectivity index (χ1) is 12.4. The van der Waals surface area contributed by atoms with Crippen LogP contribution in [0.15, 0.2) is 53.0 Å². The van der Waals surface area contributed by atoms with E-state index >= 15 is 0 Å². The molecule has 2 heterocycles. The third-order valence-corrected chi connectivity index (χ3v) is 6.31. The zero-order chi connectivity index (χ0) is 18.5. The van der Waals surface area contributed by atoms with E-state index in [-0.39, 0.29) is 23.0 Å². The highest BCUT2D eigenvalue weighted by molar-refractivity contribution is 7.10. The van der Waals surface area contributed by atoms with Crippen LogP contribution in [0.4, 0.5) is 5.69 Å². The molecule has 0 fully saturated rings. The van der Waals surface area contributed by atoms with Crippen LogP contribution < -0.4 is 4.90 Å². The van der Waals surface area contributed by atoms with Gasteiger partial charge in [-0.15, -0.1) is 11.3 Å². The average Bonchev–Trinajstić information content (AvgIpc) is 3.08. The van der Waals surface area contributed by atoms with Gasteiger partial charge in [0.05, 0.1) is 0 Å². The third kappa shape index (κ3) is 2.92. The van der Waals surface area contributed by atoms with Crippen LogP contribution in [0.25, 0.3) is 0 Å². The fraction of sp³-hybridized carbons (Fsp3) is 0.364. The zero-order valence-corrected chi connectivity index (χ0v) is 16.2. The Balaban J connectivity index is 1.89. The summed E-state index contributed by atoms with van der Waals surface area (Å²) in [4.78, 5) is 29.2. The van der Waals surface area contributed by atoms with E-state index in [2.05, 4.69) is 13.8 Å². The average molecular weight is 365 g/mol. The van der Waals surface area contributed by atoms with E-state index in [0.717, 1.165) is 33.8 Å². The summed E-state index contributed by atoms with van der Waals surface area (Å²) in [6.45, 7) is 6.26.